The van der Waals surface area contributed by atoms with Gasteiger partial charge in [-0.05, 0) is 0 Å². The van der Waals surface area contributed by atoms with Gasteiger partial charge in [0.05, 0.1) is 12.3 Å². The molecule has 6 heteroatoms. The van der Waals surface area contributed by atoms with Crippen molar-refractivity contribution in [2.75, 3.05) is 0 Å². The Morgan fingerprint density at radius 2 is 1.92 bits per heavy atom. The first-order valence-electron chi connectivity index (χ1n) is 3.66. The van der Waals surface area contributed by atoms with Crippen LogP contribution in [0.25, 0.3) is 0 Å². The molecule has 0 aromatic carbocycles. The zero-order valence-electron chi connectivity index (χ0n) is 6.60. The topological polar surface area (TPSA) is 101 Å². The number of hydrogen-bond acceptors (Lipinski definition) is 4. The van der Waals surface area contributed by atoms with E-state index in [1.54, 1.807) is 0 Å². The average Bonchev–Trinajstić information content (AvgIpc) is 2.03. The summed E-state index contributed by atoms with van der Waals surface area (Å²) in [7, 11) is 0. The Balaban J connectivity index is 2.68. The first-order chi connectivity index (χ1) is 6.00. The van der Waals surface area contributed by atoms with E-state index < -0.39 is 29.9 Å². The second kappa shape index (κ2) is 3.42. The Bertz CT molecular complexity index is 234. The highest BCUT2D eigenvalue weighted by Gasteiger charge is 2.36. The van der Waals surface area contributed by atoms with E-state index in [2.05, 4.69) is 4.74 Å². The van der Waals surface area contributed by atoms with Gasteiger partial charge >= 0.3 is 17.9 Å². The molecule has 2 N–H and O–H groups in total. The van der Waals surface area contributed by atoms with Gasteiger partial charge in [-0.2, -0.15) is 0 Å². The third-order valence-electron chi connectivity index (χ3n) is 1.81. The molecule has 1 rings (SSSR count). The molecule has 1 saturated heterocycles. The summed E-state index contributed by atoms with van der Waals surface area (Å²) < 4.78 is 4.43. The molecule has 0 aromatic rings. The Labute approximate surface area is 73.1 Å². The van der Waals surface area contributed by atoms with Crippen molar-refractivity contribution in [3.63, 3.8) is 0 Å². The number of hydrogen-bond donors (Lipinski definition) is 2. The lowest BCUT2D eigenvalue weighted by molar-refractivity contribution is -0.174. The van der Waals surface area contributed by atoms with Crippen LogP contribution in [0, 0.1) is 5.92 Å². The first kappa shape index (κ1) is 9.50. The molecule has 0 radical (unpaired) electrons. The van der Waals surface area contributed by atoms with Gasteiger partial charge in [-0.25, -0.2) is 4.79 Å². The lowest BCUT2D eigenvalue weighted by Gasteiger charge is -2.23. The maximum absolute atomic E-state index is 10.7. The van der Waals surface area contributed by atoms with Crippen LogP contribution >= 0.6 is 0 Å². The van der Waals surface area contributed by atoms with Gasteiger partial charge in [0.15, 0.2) is 6.10 Å². The second-order valence-corrected chi connectivity index (χ2v) is 2.79. The van der Waals surface area contributed by atoms with Gasteiger partial charge in [-0.3, -0.25) is 9.59 Å². The largest absolute Gasteiger partial charge is 0.481 e. The fraction of sp³-hybridized carbons (Fsp3) is 0.571. The fourth-order valence-electron chi connectivity index (χ4n) is 1.14. The van der Waals surface area contributed by atoms with Gasteiger partial charge < -0.3 is 14.9 Å². The molecule has 2 unspecified atom stereocenters. The van der Waals surface area contributed by atoms with Crippen LogP contribution in [0.4, 0.5) is 0 Å². The quantitative estimate of drug-likeness (QED) is 0.565. The molecule has 0 bridgehead atoms. The Morgan fingerprint density at radius 3 is 2.38 bits per heavy atom. The summed E-state index contributed by atoms with van der Waals surface area (Å²) in [4.78, 5) is 31.6. The van der Waals surface area contributed by atoms with Crippen LogP contribution in [-0.4, -0.2) is 34.2 Å². The summed E-state index contributed by atoms with van der Waals surface area (Å²) in [6, 6.07) is 0. The van der Waals surface area contributed by atoms with Crippen LogP contribution in [0.5, 0.6) is 0 Å². The number of cyclic esters (lactones) is 1. The van der Waals surface area contributed by atoms with Crippen molar-refractivity contribution >= 4 is 17.9 Å². The predicted molar refractivity (Wildman–Crippen MR) is 37.9 cm³/mol. The minimum atomic E-state index is -1.32. The van der Waals surface area contributed by atoms with Crippen molar-refractivity contribution in [1.29, 1.82) is 0 Å². The number of carbonyl (C=O) groups is 3. The lowest BCUT2D eigenvalue weighted by Crippen LogP contribution is -2.37. The molecule has 1 aliphatic heterocycles. The Hall–Kier alpha value is -1.59. The molecule has 13 heavy (non-hydrogen) atoms. The maximum atomic E-state index is 10.7. The van der Waals surface area contributed by atoms with Crippen LogP contribution in [0.3, 0.4) is 0 Å². The number of ether oxygens (including phenoxy) is 1. The predicted octanol–water partition coefficient (Wildman–Crippen LogP) is -0.523. The molecule has 0 amide bonds. The van der Waals surface area contributed by atoms with Gasteiger partial charge in [0.2, 0.25) is 0 Å². The molecular weight excluding hydrogens is 180 g/mol. The molecule has 0 spiro atoms. The number of carboxylic acids is 2. The van der Waals surface area contributed by atoms with Crippen molar-refractivity contribution in [2.24, 2.45) is 5.92 Å². The maximum Gasteiger partial charge on any atom is 0.345 e. The van der Waals surface area contributed by atoms with E-state index in [1.807, 2.05) is 0 Å². The summed E-state index contributed by atoms with van der Waals surface area (Å²) in [5.74, 6) is -4.18. The third kappa shape index (κ3) is 2.17. The highest BCUT2D eigenvalue weighted by Crippen LogP contribution is 2.21. The molecule has 0 saturated carbocycles. The van der Waals surface area contributed by atoms with Crippen molar-refractivity contribution < 1.29 is 29.3 Å². The van der Waals surface area contributed by atoms with Gasteiger partial charge in [0.25, 0.3) is 0 Å². The van der Waals surface area contributed by atoms with E-state index in [0.717, 1.165) is 0 Å². The molecule has 6 nitrogen and oxygen atoms in total. The summed E-state index contributed by atoms with van der Waals surface area (Å²) in [6.07, 6.45) is -1.72. The van der Waals surface area contributed by atoms with Gasteiger partial charge in [0.1, 0.15) is 0 Å². The van der Waals surface area contributed by atoms with E-state index in [1.165, 1.54) is 0 Å². The van der Waals surface area contributed by atoms with Crippen LogP contribution < -0.4 is 0 Å². The highest BCUT2D eigenvalue weighted by atomic mass is 16.6. The number of carbonyl (C=O) groups excluding carboxylic acids is 1. The van der Waals surface area contributed by atoms with Gasteiger partial charge in [-0.1, -0.05) is 0 Å². The molecule has 1 fully saturated rings. The van der Waals surface area contributed by atoms with Crippen molar-refractivity contribution in [1.82, 2.24) is 0 Å². The number of rotatable bonds is 2. The summed E-state index contributed by atoms with van der Waals surface area (Å²) >= 11 is 0. The molecular formula is C7H8O6. The average molecular weight is 188 g/mol. The van der Waals surface area contributed by atoms with Gasteiger partial charge in [-0.15, -0.1) is 0 Å². The van der Waals surface area contributed by atoms with Crippen molar-refractivity contribution in [2.45, 2.75) is 18.9 Å². The minimum absolute atomic E-state index is 0.156. The molecule has 2 atom stereocenters. The number of carboxylic acid groups (broad SMARTS) is 2. The zero-order valence-corrected chi connectivity index (χ0v) is 6.60. The number of esters is 1. The van der Waals surface area contributed by atoms with Crippen LogP contribution in [-0.2, 0) is 19.1 Å². The second-order valence-electron chi connectivity index (χ2n) is 2.79. The Kier molecular flexibility index (Phi) is 2.50. The smallest absolute Gasteiger partial charge is 0.345 e. The van der Waals surface area contributed by atoms with E-state index in [-0.39, 0.29) is 12.8 Å². The monoisotopic (exact) mass is 188 g/mol. The molecule has 0 aliphatic carbocycles. The van der Waals surface area contributed by atoms with Crippen LogP contribution in [0.2, 0.25) is 0 Å². The van der Waals surface area contributed by atoms with Crippen LogP contribution in [0.1, 0.15) is 12.8 Å². The van der Waals surface area contributed by atoms with E-state index in [9.17, 15) is 14.4 Å². The van der Waals surface area contributed by atoms with E-state index in [4.69, 9.17) is 10.2 Å². The van der Waals surface area contributed by atoms with E-state index in [0.29, 0.717) is 0 Å². The fourth-order valence-corrected chi connectivity index (χ4v) is 1.14. The summed E-state index contributed by atoms with van der Waals surface area (Å²) in [6.45, 7) is 0. The van der Waals surface area contributed by atoms with Gasteiger partial charge in [0, 0.05) is 6.42 Å². The van der Waals surface area contributed by atoms with Crippen LogP contribution in [0.15, 0.2) is 0 Å². The highest BCUT2D eigenvalue weighted by molar-refractivity contribution is 5.84. The third-order valence-corrected chi connectivity index (χ3v) is 1.81. The molecule has 0 aromatic heterocycles. The SMILES string of the molecule is O=C1CC(C(=O)O)CC(C(=O)O)O1. The first-order valence-corrected chi connectivity index (χ1v) is 3.66. The minimum Gasteiger partial charge on any atom is -0.481 e. The van der Waals surface area contributed by atoms with E-state index >= 15 is 0 Å². The zero-order chi connectivity index (χ0) is 10.0. The molecule has 72 valence electrons. The standard InChI is InChI=1S/C7H8O6/c8-5-2-3(6(9)10)1-4(13-5)7(11)12/h3-4H,1-2H2,(H,9,10)(H,11,12). The van der Waals surface area contributed by atoms with Crippen molar-refractivity contribution in [3.05, 3.63) is 0 Å². The van der Waals surface area contributed by atoms with Crippen molar-refractivity contribution in [3.8, 4) is 0 Å². The molecule has 1 aliphatic rings. The molecule has 1 heterocycles. The summed E-state index contributed by atoms with van der Waals surface area (Å²) in [5, 5.41) is 17.0. The lowest BCUT2D eigenvalue weighted by atomic mass is 9.95. The normalized spacial score (nSPS) is 27.8. The summed E-state index contributed by atoms with van der Waals surface area (Å²) in [5.41, 5.74) is 0. The number of aliphatic carboxylic acids is 2. The Morgan fingerprint density at radius 1 is 1.31 bits per heavy atom.